The molecule has 3 rings (SSSR count). The third-order valence-corrected chi connectivity index (χ3v) is 7.67. The summed E-state index contributed by atoms with van der Waals surface area (Å²) in [6.07, 6.45) is 4.60. The van der Waals surface area contributed by atoms with E-state index in [1.807, 2.05) is 30.3 Å². The fourth-order valence-corrected chi connectivity index (χ4v) is 5.28. The topological polar surface area (TPSA) is 75.3 Å². The van der Waals surface area contributed by atoms with E-state index in [-0.39, 0.29) is 16.8 Å². The lowest BCUT2D eigenvalue weighted by molar-refractivity contribution is -0.124. The van der Waals surface area contributed by atoms with Gasteiger partial charge in [0.25, 0.3) is 0 Å². The van der Waals surface area contributed by atoms with Crippen molar-refractivity contribution in [2.45, 2.75) is 56.0 Å². The molecule has 0 spiro atoms. The molecule has 1 amide bonds. The molecule has 0 saturated heterocycles. The van der Waals surface area contributed by atoms with Gasteiger partial charge in [-0.3, -0.25) is 4.79 Å². The molecule has 5 nitrogen and oxygen atoms in total. The minimum atomic E-state index is -3.81. The number of nitrogens with one attached hydrogen (secondary N) is 2. The van der Waals surface area contributed by atoms with E-state index in [1.165, 1.54) is 6.42 Å². The zero-order valence-corrected chi connectivity index (χ0v) is 19.4. The van der Waals surface area contributed by atoms with Crippen LogP contribution in [-0.4, -0.2) is 26.4 Å². The van der Waals surface area contributed by atoms with Crippen LogP contribution in [0.2, 0.25) is 0 Å². The molecule has 0 aliphatic heterocycles. The van der Waals surface area contributed by atoms with Crippen molar-refractivity contribution in [1.82, 2.24) is 10.0 Å². The largest absolute Gasteiger partial charge is 0.352 e. The van der Waals surface area contributed by atoms with Crippen molar-refractivity contribution >= 4 is 38.5 Å². The van der Waals surface area contributed by atoms with E-state index in [1.54, 1.807) is 24.3 Å². The molecule has 1 aliphatic carbocycles. The first kappa shape index (κ1) is 22.2. The van der Waals surface area contributed by atoms with Gasteiger partial charge in [0.05, 0.1) is 4.90 Å². The Labute approximate surface area is 186 Å². The molecule has 2 N–H and O–H groups in total. The fourth-order valence-electron chi connectivity index (χ4n) is 3.72. The number of carbonyl (C=O) groups excluding carboxylic acids is 1. The van der Waals surface area contributed by atoms with E-state index in [9.17, 15) is 13.2 Å². The average Bonchev–Trinajstić information content (AvgIpc) is 2.70. The predicted octanol–water partition coefficient (Wildman–Crippen LogP) is 3.88. The van der Waals surface area contributed by atoms with E-state index in [4.69, 9.17) is 0 Å². The average molecular weight is 526 g/mol. The molecule has 0 aromatic heterocycles. The van der Waals surface area contributed by atoms with Crippen molar-refractivity contribution in [3.8, 4) is 0 Å². The van der Waals surface area contributed by atoms with Crippen LogP contribution < -0.4 is 10.0 Å². The van der Waals surface area contributed by atoms with E-state index >= 15 is 0 Å². The monoisotopic (exact) mass is 526 g/mol. The highest BCUT2D eigenvalue weighted by Crippen LogP contribution is 2.24. The van der Waals surface area contributed by atoms with Gasteiger partial charge >= 0.3 is 0 Å². The molecule has 29 heavy (non-hydrogen) atoms. The maximum atomic E-state index is 13.1. The van der Waals surface area contributed by atoms with Crippen LogP contribution in [0.25, 0.3) is 0 Å². The highest BCUT2D eigenvalue weighted by molar-refractivity contribution is 14.1. The summed E-state index contributed by atoms with van der Waals surface area (Å²) in [4.78, 5) is 13.2. The van der Waals surface area contributed by atoms with Crippen LogP contribution in [0, 0.1) is 9.49 Å². The Morgan fingerprint density at radius 1 is 1.07 bits per heavy atom. The number of hydrogen-bond donors (Lipinski definition) is 2. The van der Waals surface area contributed by atoms with E-state index in [0.29, 0.717) is 12.3 Å². The summed E-state index contributed by atoms with van der Waals surface area (Å²) in [5.74, 6) is 0.138. The van der Waals surface area contributed by atoms with Gasteiger partial charge in [0.2, 0.25) is 15.9 Å². The van der Waals surface area contributed by atoms with Crippen LogP contribution in [0.15, 0.2) is 59.5 Å². The summed E-state index contributed by atoms with van der Waals surface area (Å²) < 4.78 is 29.4. The van der Waals surface area contributed by atoms with Crippen molar-refractivity contribution in [1.29, 1.82) is 0 Å². The molecule has 0 radical (unpaired) electrons. The lowest BCUT2D eigenvalue weighted by Gasteiger charge is -2.31. The highest BCUT2D eigenvalue weighted by atomic mass is 127. The van der Waals surface area contributed by atoms with E-state index < -0.39 is 16.1 Å². The Hall–Kier alpha value is -1.45. The maximum Gasteiger partial charge on any atom is 0.241 e. The van der Waals surface area contributed by atoms with Crippen molar-refractivity contribution < 1.29 is 13.2 Å². The Balaban J connectivity index is 1.80. The van der Waals surface area contributed by atoms with Gasteiger partial charge in [0.1, 0.15) is 6.04 Å². The Kier molecular flexibility index (Phi) is 7.70. The summed E-state index contributed by atoms with van der Waals surface area (Å²) in [6, 6.07) is 15.3. The van der Waals surface area contributed by atoms with Crippen LogP contribution in [0.5, 0.6) is 0 Å². The molecule has 1 fully saturated rings. The number of carbonyl (C=O) groups is 1. The lowest BCUT2D eigenvalue weighted by Crippen LogP contribution is -2.52. The van der Waals surface area contributed by atoms with Gasteiger partial charge in [-0.1, -0.05) is 50.1 Å². The van der Waals surface area contributed by atoms with Crippen molar-refractivity contribution in [2.75, 3.05) is 0 Å². The molecule has 2 aromatic rings. The molecule has 0 heterocycles. The van der Waals surface area contributed by atoms with Crippen molar-refractivity contribution in [2.24, 2.45) is 5.92 Å². The second-order valence-corrected chi connectivity index (χ2v) is 10.7. The highest BCUT2D eigenvalue weighted by Gasteiger charge is 2.30. The molecule has 1 saturated carbocycles. The van der Waals surface area contributed by atoms with Gasteiger partial charge in [0, 0.05) is 9.61 Å². The normalized spacial score (nSPS) is 20.8. The molecule has 7 heteroatoms. The Morgan fingerprint density at radius 2 is 1.72 bits per heavy atom. The van der Waals surface area contributed by atoms with Crippen molar-refractivity contribution in [3.63, 3.8) is 0 Å². The first-order valence-electron chi connectivity index (χ1n) is 9.97. The third kappa shape index (κ3) is 6.26. The SMILES string of the molecule is C[C@@H]1CCCC[C@@H]1NC(=O)[C@H](Cc1ccccc1)NS(=O)(=O)c1ccc(I)cc1. The van der Waals surface area contributed by atoms with Gasteiger partial charge in [-0.25, -0.2) is 8.42 Å². The standard InChI is InChI=1S/C22H27IN2O3S/c1-16-7-5-6-10-20(16)24-22(26)21(15-17-8-3-2-4-9-17)25-29(27,28)19-13-11-18(23)12-14-19/h2-4,8-9,11-14,16,20-21,25H,5-7,10,15H2,1H3,(H,24,26)/t16-,20+,21+/m1/s1. The Bertz CT molecular complexity index is 917. The number of amides is 1. The number of sulfonamides is 1. The van der Waals surface area contributed by atoms with Gasteiger partial charge in [-0.05, 0) is 77.6 Å². The molecular formula is C22H27IN2O3S. The van der Waals surface area contributed by atoms with Crippen LogP contribution in [0.1, 0.15) is 38.2 Å². The minimum absolute atomic E-state index is 0.0948. The zero-order chi connectivity index (χ0) is 20.9. The minimum Gasteiger partial charge on any atom is -0.352 e. The summed E-state index contributed by atoms with van der Waals surface area (Å²) in [6.45, 7) is 2.14. The molecule has 1 aliphatic rings. The van der Waals surface area contributed by atoms with E-state index in [2.05, 4.69) is 39.6 Å². The zero-order valence-electron chi connectivity index (χ0n) is 16.5. The second-order valence-electron chi connectivity index (χ2n) is 7.69. The smallest absolute Gasteiger partial charge is 0.241 e. The lowest BCUT2D eigenvalue weighted by atomic mass is 9.86. The molecule has 2 aromatic carbocycles. The molecule has 0 bridgehead atoms. The first-order chi connectivity index (χ1) is 13.8. The van der Waals surface area contributed by atoms with Crippen molar-refractivity contribution in [3.05, 3.63) is 63.7 Å². The summed E-state index contributed by atoms with van der Waals surface area (Å²) in [5, 5.41) is 3.11. The number of hydrogen-bond acceptors (Lipinski definition) is 3. The number of rotatable bonds is 7. The number of halogens is 1. The molecule has 3 atom stereocenters. The van der Waals surface area contributed by atoms with Crippen LogP contribution >= 0.6 is 22.6 Å². The quantitative estimate of drug-likeness (QED) is 0.538. The summed E-state index contributed by atoms with van der Waals surface area (Å²) in [5.41, 5.74) is 0.912. The predicted molar refractivity (Wildman–Crippen MR) is 123 cm³/mol. The van der Waals surface area contributed by atoms with Crippen LogP contribution in [0.3, 0.4) is 0 Å². The van der Waals surface area contributed by atoms with Gasteiger partial charge in [-0.2, -0.15) is 4.72 Å². The maximum absolute atomic E-state index is 13.1. The molecule has 156 valence electrons. The van der Waals surface area contributed by atoms with Gasteiger partial charge in [-0.15, -0.1) is 0 Å². The second kappa shape index (κ2) is 10.0. The molecule has 0 unspecified atom stereocenters. The van der Waals surface area contributed by atoms with E-state index in [0.717, 1.165) is 28.4 Å². The fraction of sp³-hybridized carbons (Fsp3) is 0.409. The van der Waals surface area contributed by atoms with Crippen LogP contribution in [-0.2, 0) is 21.2 Å². The first-order valence-corrected chi connectivity index (χ1v) is 12.5. The van der Waals surface area contributed by atoms with Crippen LogP contribution in [0.4, 0.5) is 0 Å². The number of benzene rings is 2. The third-order valence-electron chi connectivity index (χ3n) is 5.46. The summed E-state index contributed by atoms with van der Waals surface area (Å²) >= 11 is 2.13. The Morgan fingerprint density at radius 3 is 2.38 bits per heavy atom. The molecular weight excluding hydrogens is 499 g/mol. The summed E-state index contributed by atoms with van der Waals surface area (Å²) in [7, 11) is -3.81. The van der Waals surface area contributed by atoms with Gasteiger partial charge < -0.3 is 5.32 Å². The van der Waals surface area contributed by atoms with Gasteiger partial charge in [0.15, 0.2) is 0 Å².